The molecule has 7 nitrogen and oxygen atoms in total. The monoisotopic (exact) mass is 436 g/mol. The Bertz CT molecular complexity index is 1180. The van der Waals surface area contributed by atoms with Gasteiger partial charge in [-0.05, 0) is 56.9 Å². The summed E-state index contributed by atoms with van der Waals surface area (Å²) >= 11 is 0. The van der Waals surface area contributed by atoms with E-state index in [1.54, 1.807) is 19.9 Å². The Morgan fingerprint density at radius 2 is 1.81 bits per heavy atom. The smallest absolute Gasteiger partial charge is 0.340 e. The third-order valence-corrected chi connectivity index (χ3v) is 5.41. The van der Waals surface area contributed by atoms with Crippen molar-refractivity contribution in [2.75, 3.05) is 6.54 Å². The molecule has 1 N–H and O–H groups in total. The van der Waals surface area contributed by atoms with E-state index in [0.29, 0.717) is 28.9 Å². The number of fused-ring (bicyclic) bond motifs is 1. The van der Waals surface area contributed by atoms with Gasteiger partial charge in [0.05, 0.1) is 0 Å². The molecule has 3 rings (SSSR count). The van der Waals surface area contributed by atoms with E-state index in [0.717, 1.165) is 16.5 Å². The molecule has 1 atom stereocenters. The number of carbonyl (C=O) groups excluding carboxylic acids is 2. The van der Waals surface area contributed by atoms with Crippen LogP contribution in [0.1, 0.15) is 42.0 Å². The molecule has 7 heteroatoms. The molecule has 0 radical (unpaired) electrons. The Kier molecular flexibility index (Phi) is 7.30. The number of carboxylic acid groups (broad SMARTS) is 1. The minimum atomic E-state index is -1.15. The largest absolute Gasteiger partial charge is 0.550 e. The molecule has 1 amide bonds. The van der Waals surface area contributed by atoms with Gasteiger partial charge in [0, 0.05) is 35.4 Å². The van der Waals surface area contributed by atoms with Crippen LogP contribution in [0.25, 0.3) is 11.0 Å². The van der Waals surface area contributed by atoms with Gasteiger partial charge in [-0.3, -0.25) is 4.79 Å². The van der Waals surface area contributed by atoms with E-state index in [9.17, 15) is 19.5 Å². The quantitative estimate of drug-likeness (QED) is 0.408. The Balaban J connectivity index is 1.79. The van der Waals surface area contributed by atoms with Crippen LogP contribution in [0.5, 0.6) is 5.75 Å². The van der Waals surface area contributed by atoms with Crippen molar-refractivity contribution < 1.29 is 23.8 Å². The lowest BCUT2D eigenvalue weighted by Gasteiger charge is -2.17. The van der Waals surface area contributed by atoms with Gasteiger partial charge in [-0.25, -0.2) is 4.79 Å². The van der Waals surface area contributed by atoms with Crippen LogP contribution < -0.4 is 20.8 Å². The molecule has 0 aliphatic heterocycles. The lowest BCUT2D eigenvalue weighted by molar-refractivity contribution is -0.305. The molecule has 168 valence electrons. The van der Waals surface area contributed by atoms with Gasteiger partial charge in [0.2, 0.25) is 0 Å². The Morgan fingerprint density at radius 1 is 1.09 bits per heavy atom. The molecule has 0 saturated heterocycles. The minimum absolute atomic E-state index is 0.121. The van der Waals surface area contributed by atoms with E-state index in [1.807, 2.05) is 43.3 Å². The lowest BCUT2D eigenvalue weighted by Crippen LogP contribution is -2.37. The molecule has 3 aromatic rings. The Labute approximate surface area is 186 Å². The van der Waals surface area contributed by atoms with Gasteiger partial charge >= 0.3 is 5.63 Å². The zero-order valence-electron chi connectivity index (χ0n) is 18.4. The maximum absolute atomic E-state index is 12.7. The average Bonchev–Trinajstić information content (AvgIpc) is 2.77. The molecule has 0 spiro atoms. The van der Waals surface area contributed by atoms with Gasteiger partial charge in [-0.1, -0.05) is 30.3 Å². The van der Waals surface area contributed by atoms with Gasteiger partial charge in [-0.15, -0.1) is 0 Å². The highest BCUT2D eigenvalue weighted by Crippen LogP contribution is 2.30. The summed E-state index contributed by atoms with van der Waals surface area (Å²) in [7, 11) is 0. The zero-order valence-corrected chi connectivity index (χ0v) is 18.4. The Hall–Kier alpha value is -3.61. The van der Waals surface area contributed by atoms with Crippen molar-refractivity contribution in [1.29, 1.82) is 0 Å². The maximum atomic E-state index is 12.7. The fourth-order valence-electron chi connectivity index (χ4n) is 3.53. The van der Waals surface area contributed by atoms with Gasteiger partial charge in [0.1, 0.15) is 11.3 Å². The first-order chi connectivity index (χ1) is 15.3. The van der Waals surface area contributed by atoms with Crippen molar-refractivity contribution in [3.8, 4) is 5.75 Å². The molecular weight excluding hydrogens is 410 g/mol. The van der Waals surface area contributed by atoms with Crippen molar-refractivity contribution in [2.24, 2.45) is 0 Å². The fourth-order valence-corrected chi connectivity index (χ4v) is 3.53. The van der Waals surface area contributed by atoms with Gasteiger partial charge < -0.3 is 24.4 Å². The number of rotatable bonds is 9. The summed E-state index contributed by atoms with van der Waals surface area (Å²) in [5, 5.41) is 13.9. The average molecular weight is 436 g/mol. The van der Waals surface area contributed by atoms with E-state index in [4.69, 9.17) is 9.15 Å². The fraction of sp³-hybridized carbons (Fsp3) is 0.320. The first-order valence-electron chi connectivity index (χ1n) is 10.5. The minimum Gasteiger partial charge on any atom is -0.550 e. The molecule has 0 fully saturated rings. The van der Waals surface area contributed by atoms with Crippen molar-refractivity contribution in [1.82, 2.24) is 5.32 Å². The van der Waals surface area contributed by atoms with Crippen molar-refractivity contribution in [2.45, 2.75) is 46.1 Å². The number of aliphatic carboxylic acids is 1. The van der Waals surface area contributed by atoms with Gasteiger partial charge in [-0.2, -0.15) is 0 Å². The van der Waals surface area contributed by atoms with E-state index in [2.05, 4.69) is 5.32 Å². The first kappa shape index (κ1) is 23.1. The van der Waals surface area contributed by atoms with Crippen LogP contribution in [0.2, 0.25) is 0 Å². The first-order valence-corrected chi connectivity index (χ1v) is 10.5. The number of amides is 1. The van der Waals surface area contributed by atoms with Crippen LogP contribution in [0, 0.1) is 13.8 Å². The van der Waals surface area contributed by atoms with E-state index < -0.39 is 17.7 Å². The highest BCUT2D eigenvalue weighted by atomic mass is 16.5. The number of benzene rings is 2. The normalized spacial score (nSPS) is 11.8. The lowest BCUT2D eigenvalue weighted by atomic mass is 9.98. The molecule has 0 aliphatic rings. The molecule has 0 unspecified atom stereocenters. The number of nitrogens with one attached hydrogen (secondary N) is 1. The van der Waals surface area contributed by atoms with Crippen LogP contribution in [-0.2, 0) is 16.0 Å². The standard InChI is InChI=1S/C25H27NO6/c1-15-19-11-12-21(31-17(3)24(29)26-13-7-10-22(27)28)16(2)23(19)32-25(30)20(15)14-18-8-5-4-6-9-18/h4-6,8-9,11-12,17H,7,10,13-14H2,1-3H3,(H,26,29)(H,27,28)/p-1/t17-/m0/s1. The highest BCUT2D eigenvalue weighted by Gasteiger charge is 2.19. The van der Waals surface area contributed by atoms with Gasteiger partial charge in [0.25, 0.3) is 5.91 Å². The van der Waals surface area contributed by atoms with Crippen molar-refractivity contribution in [3.63, 3.8) is 0 Å². The summed E-state index contributed by atoms with van der Waals surface area (Å²) < 4.78 is 11.5. The van der Waals surface area contributed by atoms with Crippen LogP contribution in [-0.4, -0.2) is 24.5 Å². The predicted octanol–water partition coefficient (Wildman–Crippen LogP) is 2.41. The molecule has 0 bridgehead atoms. The molecular formula is C25H26NO6-. The number of carboxylic acids is 1. The number of ether oxygens (including phenoxy) is 1. The third kappa shape index (κ3) is 5.35. The van der Waals surface area contributed by atoms with E-state index in [-0.39, 0.29) is 25.3 Å². The van der Waals surface area contributed by atoms with Crippen LogP contribution >= 0.6 is 0 Å². The second kappa shape index (κ2) is 10.1. The zero-order chi connectivity index (χ0) is 23.3. The summed E-state index contributed by atoms with van der Waals surface area (Å²) in [5.74, 6) is -1.08. The molecule has 0 aliphatic carbocycles. The van der Waals surface area contributed by atoms with E-state index >= 15 is 0 Å². The Morgan fingerprint density at radius 3 is 2.50 bits per heavy atom. The summed E-state index contributed by atoms with van der Waals surface area (Å²) in [5.41, 5.74) is 3.17. The second-order valence-corrected chi connectivity index (χ2v) is 7.75. The summed E-state index contributed by atoms with van der Waals surface area (Å²) in [6.45, 7) is 5.50. The van der Waals surface area contributed by atoms with Crippen LogP contribution in [0.3, 0.4) is 0 Å². The summed E-state index contributed by atoms with van der Waals surface area (Å²) in [4.78, 5) is 35.4. The number of hydrogen-bond acceptors (Lipinski definition) is 6. The predicted molar refractivity (Wildman–Crippen MR) is 119 cm³/mol. The highest BCUT2D eigenvalue weighted by molar-refractivity contribution is 5.86. The maximum Gasteiger partial charge on any atom is 0.340 e. The molecule has 0 saturated carbocycles. The van der Waals surface area contributed by atoms with Crippen molar-refractivity contribution >= 4 is 22.8 Å². The number of hydrogen-bond donors (Lipinski definition) is 1. The SMILES string of the molecule is Cc1c(Cc2ccccc2)c(=O)oc2c(C)c(O[C@@H](C)C(=O)NCCCC(=O)[O-])ccc12. The van der Waals surface area contributed by atoms with Crippen LogP contribution in [0.4, 0.5) is 0 Å². The summed E-state index contributed by atoms with van der Waals surface area (Å²) in [6.07, 6.45) is -0.161. The topological polar surface area (TPSA) is 109 Å². The third-order valence-electron chi connectivity index (χ3n) is 5.41. The number of carbonyl (C=O) groups is 2. The molecule has 1 heterocycles. The van der Waals surface area contributed by atoms with Gasteiger partial charge in [0.15, 0.2) is 6.10 Å². The molecule has 32 heavy (non-hydrogen) atoms. The molecule has 1 aromatic heterocycles. The number of aryl methyl sites for hydroxylation is 2. The van der Waals surface area contributed by atoms with Crippen molar-refractivity contribution in [3.05, 3.63) is 75.1 Å². The van der Waals surface area contributed by atoms with Crippen LogP contribution in [0.15, 0.2) is 51.7 Å². The second-order valence-electron chi connectivity index (χ2n) is 7.75. The molecule has 2 aromatic carbocycles. The summed E-state index contributed by atoms with van der Waals surface area (Å²) in [6, 6.07) is 13.3. The van der Waals surface area contributed by atoms with E-state index in [1.165, 1.54) is 0 Å².